The molecule has 6 nitrogen and oxygen atoms in total. The van der Waals surface area contributed by atoms with E-state index in [4.69, 9.17) is 9.73 Å². The third-order valence-corrected chi connectivity index (χ3v) is 10.0. The van der Waals surface area contributed by atoms with Gasteiger partial charge >= 0.3 is 5.97 Å². The summed E-state index contributed by atoms with van der Waals surface area (Å²) in [5.74, 6) is -0.451. The van der Waals surface area contributed by atoms with E-state index in [1.54, 1.807) is 23.3 Å². The van der Waals surface area contributed by atoms with Gasteiger partial charge in [0.2, 0.25) is 0 Å². The molecular formula is C31H30IN3O3S2. The molecule has 9 heteroatoms. The molecular weight excluding hydrogens is 653 g/mol. The second-order valence-corrected chi connectivity index (χ2v) is 12.7. The van der Waals surface area contributed by atoms with Crippen molar-refractivity contribution in [2.45, 2.75) is 45.6 Å². The zero-order chi connectivity index (χ0) is 28.7. The van der Waals surface area contributed by atoms with Gasteiger partial charge in [-0.15, -0.1) is 11.8 Å². The van der Waals surface area contributed by atoms with Gasteiger partial charge in [0, 0.05) is 25.5 Å². The van der Waals surface area contributed by atoms with Crippen molar-refractivity contribution in [3.05, 3.63) is 111 Å². The largest absolute Gasteiger partial charge is 0.463 e. The molecule has 0 saturated carbocycles. The number of thioether (sulfide) groups is 1. The highest BCUT2D eigenvalue weighted by atomic mass is 127. The van der Waals surface area contributed by atoms with Crippen LogP contribution < -0.4 is 14.9 Å². The number of esters is 1. The van der Waals surface area contributed by atoms with Crippen LogP contribution in [0.2, 0.25) is 0 Å². The topological polar surface area (TPSA) is 65.6 Å². The van der Waals surface area contributed by atoms with Gasteiger partial charge in [0.15, 0.2) is 4.80 Å². The van der Waals surface area contributed by atoms with Crippen LogP contribution in [0, 0.1) is 24.3 Å². The van der Waals surface area contributed by atoms with Crippen molar-refractivity contribution in [2.24, 2.45) is 4.99 Å². The molecule has 0 unspecified atom stereocenters. The predicted molar refractivity (Wildman–Crippen MR) is 171 cm³/mol. The van der Waals surface area contributed by atoms with Crippen molar-refractivity contribution in [1.29, 1.82) is 0 Å². The highest BCUT2D eigenvalue weighted by Gasteiger charge is 2.33. The van der Waals surface area contributed by atoms with Crippen LogP contribution in [0.3, 0.4) is 0 Å². The second kappa shape index (κ2) is 11.5. The van der Waals surface area contributed by atoms with E-state index in [2.05, 4.69) is 72.2 Å². The van der Waals surface area contributed by atoms with E-state index in [1.807, 2.05) is 43.5 Å². The molecule has 4 aromatic rings. The Morgan fingerprint density at radius 3 is 2.50 bits per heavy atom. The van der Waals surface area contributed by atoms with Crippen LogP contribution in [0.5, 0.6) is 0 Å². The standard InChI is InChI=1S/C31H30IN3O3S2/c1-7-38-30(37)27-19(4)33-31-35(28(27)21-9-12-24(39-6)13-10-21)29(36)26(40-31)15-22-14-18(3)34(20(22)5)23-11-8-17(2)25(32)16-23/h8-16,28H,7H2,1-6H3/b26-15-/t28-/m0/s1. The van der Waals surface area contributed by atoms with E-state index >= 15 is 0 Å². The molecule has 5 rings (SSSR count). The molecule has 0 radical (unpaired) electrons. The number of allylic oxidation sites excluding steroid dienone is 1. The van der Waals surface area contributed by atoms with Gasteiger partial charge in [-0.25, -0.2) is 9.79 Å². The number of rotatable bonds is 6. The molecule has 40 heavy (non-hydrogen) atoms. The van der Waals surface area contributed by atoms with E-state index in [9.17, 15) is 9.59 Å². The van der Waals surface area contributed by atoms with E-state index in [0.29, 0.717) is 20.6 Å². The Labute approximate surface area is 255 Å². The lowest BCUT2D eigenvalue weighted by molar-refractivity contribution is -0.139. The number of hydrogen-bond donors (Lipinski definition) is 0. The molecule has 2 aromatic carbocycles. The lowest BCUT2D eigenvalue weighted by atomic mass is 9.96. The van der Waals surface area contributed by atoms with Gasteiger partial charge in [-0.1, -0.05) is 29.5 Å². The summed E-state index contributed by atoms with van der Waals surface area (Å²) >= 11 is 5.35. The number of carbonyl (C=O) groups is 1. The molecule has 0 bridgehead atoms. The number of ether oxygens (including phenoxy) is 1. The average Bonchev–Trinajstić information content (AvgIpc) is 3.38. The SMILES string of the molecule is CCOC(=O)C1=C(C)N=c2s/c(=C\c3cc(C)n(-c4ccc(C)c(I)c4)c3C)c(=O)n2[C@H]1c1ccc(SC)cc1. The number of carbonyl (C=O) groups excluding carboxylic acids is 1. The van der Waals surface area contributed by atoms with Crippen LogP contribution in [-0.2, 0) is 9.53 Å². The minimum atomic E-state index is -0.615. The molecule has 0 fully saturated rings. The van der Waals surface area contributed by atoms with Crippen LogP contribution >= 0.6 is 45.7 Å². The third kappa shape index (κ3) is 5.14. The normalized spacial score (nSPS) is 15.3. The number of aryl methyl sites for hydroxylation is 2. The Bertz CT molecular complexity index is 1850. The Kier molecular flexibility index (Phi) is 8.26. The van der Waals surface area contributed by atoms with Crippen molar-refractivity contribution in [3.8, 4) is 5.69 Å². The van der Waals surface area contributed by atoms with Crippen molar-refractivity contribution < 1.29 is 9.53 Å². The summed E-state index contributed by atoms with van der Waals surface area (Å²) in [7, 11) is 0. The molecule has 0 spiro atoms. The second-order valence-electron chi connectivity index (χ2n) is 9.67. The first-order valence-corrected chi connectivity index (χ1v) is 16.1. The summed E-state index contributed by atoms with van der Waals surface area (Å²) < 4.78 is 11.0. The summed E-state index contributed by atoms with van der Waals surface area (Å²) in [5.41, 5.74) is 7.07. The van der Waals surface area contributed by atoms with Gasteiger partial charge < -0.3 is 9.30 Å². The maximum absolute atomic E-state index is 14.0. The number of benzene rings is 2. The smallest absolute Gasteiger partial charge is 0.338 e. The maximum Gasteiger partial charge on any atom is 0.338 e. The van der Waals surface area contributed by atoms with Gasteiger partial charge in [0.25, 0.3) is 5.56 Å². The molecule has 2 aromatic heterocycles. The molecule has 0 aliphatic carbocycles. The van der Waals surface area contributed by atoms with Crippen LogP contribution in [0.4, 0.5) is 0 Å². The van der Waals surface area contributed by atoms with Crippen molar-refractivity contribution in [3.63, 3.8) is 0 Å². The third-order valence-electron chi connectivity index (χ3n) is 7.12. The van der Waals surface area contributed by atoms with Crippen LogP contribution in [0.25, 0.3) is 11.8 Å². The first-order valence-electron chi connectivity index (χ1n) is 12.9. The Morgan fingerprint density at radius 1 is 1.12 bits per heavy atom. The molecule has 206 valence electrons. The molecule has 1 atom stereocenters. The predicted octanol–water partition coefficient (Wildman–Crippen LogP) is 5.84. The molecule has 0 amide bonds. The van der Waals surface area contributed by atoms with Gasteiger partial charge in [-0.3, -0.25) is 9.36 Å². The molecule has 1 aliphatic heterocycles. The number of aromatic nitrogens is 2. The highest BCUT2D eigenvalue weighted by molar-refractivity contribution is 14.1. The number of halogens is 1. The molecule has 3 heterocycles. The van der Waals surface area contributed by atoms with E-state index in [-0.39, 0.29) is 12.2 Å². The van der Waals surface area contributed by atoms with Crippen LogP contribution in [-0.4, -0.2) is 28.0 Å². The number of hydrogen-bond acceptors (Lipinski definition) is 6. The van der Waals surface area contributed by atoms with Gasteiger partial charge in [-0.05, 0) is 117 Å². The lowest BCUT2D eigenvalue weighted by Crippen LogP contribution is -2.39. The first kappa shape index (κ1) is 28.6. The minimum Gasteiger partial charge on any atom is -0.463 e. The van der Waals surface area contributed by atoms with Gasteiger partial charge in [-0.2, -0.15) is 0 Å². The van der Waals surface area contributed by atoms with Crippen molar-refractivity contribution >= 4 is 57.7 Å². The minimum absolute atomic E-state index is 0.174. The zero-order valence-corrected chi connectivity index (χ0v) is 27.0. The van der Waals surface area contributed by atoms with Gasteiger partial charge in [0.1, 0.15) is 0 Å². The van der Waals surface area contributed by atoms with Gasteiger partial charge in [0.05, 0.1) is 28.5 Å². The summed E-state index contributed by atoms with van der Waals surface area (Å²) in [6, 6.07) is 15.9. The van der Waals surface area contributed by atoms with E-state index in [1.165, 1.54) is 20.5 Å². The Morgan fingerprint density at radius 2 is 1.85 bits per heavy atom. The van der Waals surface area contributed by atoms with Crippen LogP contribution in [0.1, 0.15) is 48.0 Å². The highest BCUT2D eigenvalue weighted by Crippen LogP contribution is 2.32. The molecule has 0 N–H and O–H groups in total. The number of thiazole rings is 1. The first-order chi connectivity index (χ1) is 19.1. The monoisotopic (exact) mass is 683 g/mol. The van der Waals surface area contributed by atoms with E-state index < -0.39 is 12.0 Å². The maximum atomic E-state index is 14.0. The Balaban J connectivity index is 1.68. The number of nitrogens with zero attached hydrogens (tertiary/aromatic N) is 3. The molecule has 0 saturated heterocycles. The lowest BCUT2D eigenvalue weighted by Gasteiger charge is -2.24. The van der Waals surface area contributed by atoms with Crippen molar-refractivity contribution in [2.75, 3.05) is 12.9 Å². The quantitative estimate of drug-likeness (QED) is 0.146. The van der Waals surface area contributed by atoms with E-state index in [0.717, 1.165) is 33.1 Å². The van der Waals surface area contributed by atoms with Crippen molar-refractivity contribution in [1.82, 2.24) is 9.13 Å². The zero-order valence-electron chi connectivity index (χ0n) is 23.2. The summed E-state index contributed by atoms with van der Waals surface area (Å²) in [5, 5.41) is 0. The fraction of sp³-hybridized carbons (Fsp3) is 0.258. The fourth-order valence-electron chi connectivity index (χ4n) is 5.09. The molecule has 1 aliphatic rings. The summed E-state index contributed by atoms with van der Waals surface area (Å²) in [6.45, 7) is 10.1. The number of fused-ring (bicyclic) bond motifs is 1. The van der Waals surface area contributed by atoms with Crippen LogP contribution in [0.15, 0.2) is 74.5 Å². The summed E-state index contributed by atoms with van der Waals surface area (Å²) in [6.07, 6.45) is 3.96. The Hall–Kier alpha value is -2.89. The fourth-order valence-corrected chi connectivity index (χ4v) is 7.03. The average molecular weight is 684 g/mol. The summed E-state index contributed by atoms with van der Waals surface area (Å²) in [4.78, 5) is 33.5.